The molecule has 0 bridgehead atoms. The fourth-order valence-corrected chi connectivity index (χ4v) is 3.24. The molecule has 1 heterocycles. The monoisotopic (exact) mass is 317 g/mol. The van der Waals surface area contributed by atoms with Crippen molar-refractivity contribution in [3.05, 3.63) is 35.4 Å². The Hall–Kier alpha value is -1.39. The predicted molar refractivity (Wildman–Crippen MR) is 95.3 cm³/mol. The summed E-state index contributed by atoms with van der Waals surface area (Å²) in [5.74, 6) is 1.36. The maximum Gasteiger partial charge on any atom is 0.251 e. The van der Waals surface area contributed by atoms with Crippen LogP contribution in [0.1, 0.15) is 49.5 Å². The standard InChI is InChI=1S/C19H31N3O/c1-14(2)18(22-10-8-15(3)9-11-22)13-21-19(23)17-6-4-16(12-20)5-7-17/h4-7,14-15,18H,8-13,20H2,1-3H3,(H,21,23). The number of carbonyl (C=O) groups is 1. The molecule has 1 atom stereocenters. The summed E-state index contributed by atoms with van der Waals surface area (Å²) in [6.07, 6.45) is 2.52. The number of amides is 1. The van der Waals surface area contributed by atoms with Gasteiger partial charge in [0.2, 0.25) is 0 Å². The molecule has 4 heteroatoms. The number of nitrogens with two attached hydrogens (primary N) is 1. The Morgan fingerprint density at radius 1 is 1.26 bits per heavy atom. The average molecular weight is 317 g/mol. The Labute approximate surface area is 140 Å². The highest BCUT2D eigenvalue weighted by Crippen LogP contribution is 2.21. The molecule has 0 aromatic heterocycles. The first kappa shape index (κ1) is 18.0. The van der Waals surface area contributed by atoms with E-state index in [1.165, 1.54) is 12.8 Å². The molecule has 23 heavy (non-hydrogen) atoms. The Kier molecular flexibility index (Phi) is 6.60. The molecule has 0 spiro atoms. The van der Waals surface area contributed by atoms with Gasteiger partial charge in [-0.2, -0.15) is 0 Å². The lowest BCUT2D eigenvalue weighted by Crippen LogP contribution is -2.49. The van der Waals surface area contributed by atoms with Gasteiger partial charge in [-0.05, 0) is 55.5 Å². The van der Waals surface area contributed by atoms with Crippen molar-refractivity contribution < 1.29 is 4.79 Å². The third-order valence-electron chi connectivity index (χ3n) is 4.98. The van der Waals surface area contributed by atoms with Crippen LogP contribution in [0, 0.1) is 11.8 Å². The van der Waals surface area contributed by atoms with E-state index in [0.29, 0.717) is 30.6 Å². The van der Waals surface area contributed by atoms with E-state index in [2.05, 4.69) is 31.0 Å². The van der Waals surface area contributed by atoms with Gasteiger partial charge in [-0.3, -0.25) is 9.69 Å². The molecule has 0 radical (unpaired) electrons. The number of benzene rings is 1. The van der Waals surface area contributed by atoms with Gasteiger partial charge in [-0.15, -0.1) is 0 Å². The minimum Gasteiger partial charge on any atom is -0.350 e. The van der Waals surface area contributed by atoms with Crippen LogP contribution >= 0.6 is 0 Å². The lowest BCUT2D eigenvalue weighted by molar-refractivity contribution is 0.0863. The Morgan fingerprint density at radius 3 is 2.39 bits per heavy atom. The topological polar surface area (TPSA) is 58.4 Å². The zero-order chi connectivity index (χ0) is 16.8. The van der Waals surface area contributed by atoms with Crippen LogP contribution in [0.4, 0.5) is 0 Å². The molecule has 1 unspecified atom stereocenters. The number of nitrogens with zero attached hydrogens (tertiary/aromatic N) is 1. The zero-order valence-corrected chi connectivity index (χ0v) is 14.7. The van der Waals surface area contributed by atoms with E-state index >= 15 is 0 Å². The number of piperidine rings is 1. The second-order valence-corrected chi connectivity index (χ2v) is 7.14. The van der Waals surface area contributed by atoms with Gasteiger partial charge in [0.15, 0.2) is 0 Å². The Bertz CT molecular complexity index is 490. The van der Waals surface area contributed by atoms with Crippen LogP contribution in [-0.2, 0) is 6.54 Å². The first-order valence-corrected chi connectivity index (χ1v) is 8.82. The summed E-state index contributed by atoms with van der Waals surface area (Å²) in [6, 6.07) is 7.95. The molecule has 1 aliphatic rings. The SMILES string of the molecule is CC1CCN(C(CNC(=O)c2ccc(CN)cc2)C(C)C)CC1. The van der Waals surface area contributed by atoms with E-state index in [4.69, 9.17) is 5.73 Å². The number of nitrogens with one attached hydrogen (secondary N) is 1. The first-order valence-electron chi connectivity index (χ1n) is 8.82. The highest BCUT2D eigenvalue weighted by molar-refractivity contribution is 5.94. The van der Waals surface area contributed by atoms with Gasteiger partial charge in [-0.1, -0.05) is 32.9 Å². The van der Waals surface area contributed by atoms with Crippen LogP contribution in [0.15, 0.2) is 24.3 Å². The van der Waals surface area contributed by atoms with Crippen molar-refractivity contribution in [2.45, 2.75) is 46.2 Å². The summed E-state index contributed by atoms with van der Waals surface area (Å²) >= 11 is 0. The normalized spacial score (nSPS) is 18.1. The molecule has 1 fully saturated rings. The highest BCUT2D eigenvalue weighted by Gasteiger charge is 2.26. The molecule has 128 valence electrons. The molecule has 1 saturated heterocycles. The van der Waals surface area contributed by atoms with Crippen molar-refractivity contribution in [1.82, 2.24) is 10.2 Å². The summed E-state index contributed by atoms with van der Waals surface area (Å²) in [6.45, 7) is 10.3. The minimum absolute atomic E-state index is 0.00426. The Morgan fingerprint density at radius 2 is 1.87 bits per heavy atom. The summed E-state index contributed by atoms with van der Waals surface area (Å²) in [4.78, 5) is 14.9. The fourth-order valence-electron chi connectivity index (χ4n) is 3.24. The molecular weight excluding hydrogens is 286 g/mol. The lowest BCUT2D eigenvalue weighted by Gasteiger charge is -2.38. The van der Waals surface area contributed by atoms with Crippen molar-refractivity contribution in [3.63, 3.8) is 0 Å². The van der Waals surface area contributed by atoms with Gasteiger partial charge in [0.25, 0.3) is 5.91 Å². The van der Waals surface area contributed by atoms with E-state index in [1.54, 1.807) is 0 Å². The summed E-state index contributed by atoms with van der Waals surface area (Å²) < 4.78 is 0. The van der Waals surface area contributed by atoms with E-state index < -0.39 is 0 Å². The van der Waals surface area contributed by atoms with Gasteiger partial charge in [-0.25, -0.2) is 0 Å². The average Bonchev–Trinajstić information content (AvgIpc) is 2.56. The van der Waals surface area contributed by atoms with E-state index in [1.807, 2.05) is 24.3 Å². The summed E-state index contributed by atoms with van der Waals surface area (Å²) in [5, 5.41) is 3.11. The van der Waals surface area contributed by atoms with Crippen molar-refractivity contribution >= 4 is 5.91 Å². The van der Waals surface area contributed by atoms with E-state index in [9.17, 15) is 4.79 Å². The van der Waals surface area contributed by atoms with Crippen molar-refractivity contribution in [1.29, 1.82) is 0 Å². The number of hydrogen-bond acceptors (Lipinski definition) is 3. The molecule has 1 aromatic rings. The maximum atomic E-state index is 12.3. The van der Waals surface area contributed by atoms with Crippen LogP contribution < -0.4 is 11.1 Å². The molecule has 0 aliphatic carbocycles. The molecule has 2 rings (SSSR count). The van der Waals surface area contributed by atoms with Gasteiger partial charge in [0.05, 0.1) is 0 Å². The highest BCUT2D eigenvalue weighted by atomic mass is 16.1. The molecule has 4 nitrogen and oxygen atoms in total. The molecule has 1 amide bonds. The molecule has 1 aliphatic heterocycles. The van der Waals surface area contributed by atoms with Crippen LogP contribution in [0.3, 0.4) is 0 Å². The summed E-state index contributed by atoms with van der Waals surface area (Å²) in [7, 11) is 0. The third kappa shape index (κ3) is 5.05. The van der Waals surface area contributed by atoms with Crippen LogP contribution in [-0.4, -0.2) is 36.5 Å². The summed E-state index contributed by atoms with van der Waals surface area (Å²) in [5.41, 5.74) is 7.34. The molecular formula is C19H31N3O. The van der Waals surface area contributed by atoms with Crippen molar-refractivity contribution in [2.75, 3.05) is 19.6 Å². The van der Waals surface area contributed by atoms with Crippen LogP contribution in [0.2, 0.25) is 0 Å². The number of rotatable bonds is 6. The number of hydrogen-bond donors (Lipinski definition) is 2. The van der Waals surface area contributed by atoms with Crippen LogP contribution in [0.25, 0.3) is 0 Å². The number of carbonyl (C=O) groups excluding carboxylic acids is 1. The molecule has 0 saturated carbocycles. The fraction of sp³-hybridized carbons (Fsp3) is 0.632. The van der Waals surface area contributed by atoms with Gasteiger partial charge >= 0.3 is 0 Å². The zero-order valence-electron chi connectivity index (χ0n) is 14.7. The second kappa shape index (κ2) is 8.46. The quantitative estimate of drug-likeness (QED) is 0.848. The second-order valence-electron chi connectivity index (χ2n) is 7.14. The minimum atomic E-state index is 0.00426. The lowest BCUT2D eigenvalue weighted by atomic mass is 9.94. The van der Waals surface area contributed by atoms with Crippen molar-refractivity contribution in [3.8, 4) is 0 Å². The first-order chi connectivity index (χ1) is 11.0. The van der Waals surface area contributed by atoms with Gasteiger partial charge < -0.3 is 11.1 Å². The van der Waals surface area contributed by atoms with E-state index in [-0.39, 0.29) is 5.91 Å². The molecule has 3 N–H and O–H groups in total. The van der Waals surface area contributed by atoms with Gasteiger partial charge in [0, 0.05) is 24.7 Å². The molecule has 1 aromatic carbocycles. The number of likely N-dealkylation sites (tertiary alicyclic amines) is 1. The third-order valence-corrected chi connectivity index (χ3v) is 4.98. The largest absolute Gasteiger partial charge is 0.350 e. The Balaban J connectivity index is 1.91. The maximum absolute atomic E-state index is 12.3. The van der Waals surface area contributed by atoms with E-state index in [0.717, 1.165) is 24.6 Å². The van der Waals surface area contributed by atoms with Gasteiger partial charge in [0.1, 0.15) is 0 Å². The smallest absolute Gasteiger partial charge is 0.251 e. The van der Waals surface area contributed by atoms with Crippen LogP contribution in [0.5, 0.6) is 0 Å². The predicted octanol–water partition coefficient (Wildman–Crippen LogP) is 2.63. The van der Waals surface area contributed by atoms with Crippen molar-refractivity contribution in [2.24, 2.45) is 17.6 Å².